The van der Waals surface area contributed by atoms with Crippen LogP contribution in [0.15, 0.2) is 3.79 Å². The number of carbonyl (C=O) groups is 1. The zero-order valence-corrected chi connectivity index (χ0v) is 9.31. The van der Waals surface area contributed by atoms with Gasteiger partial charge < -0.3 is 9.84 Å². The van der Waals surface area contributed by atoms with E-state index in [0.717, 1.165) is 8.79 Å². The molecule has 1 rings (SSSR count). The Morgan fingerprint density at radius 2 is 2.46 bits per heavy atom. The Bertz CT molecular complexity index is 313. The number of methoxy groups -OCH3 is 1. The normalized spacial score (nSPS) is 10.3. The molecule has 6 heteroatoms. The molecule has 1 aromatic rings. The first-order chi connectivity index (χ1) is 6.13. The highest BCUT2D eigenvalue weighted by Crippen LogP contribution is 2.25. The Morgan fingerprint density at radius 3 is 3.00 bits per heavy atom. The van der Waals surface area contributed by atoms with Crippen molar-refractivity contribution in [2.45, 2.75) is 13.0 Å². The molecule has 72 valence electrons. The van der Waals surface area contributed by atoms with E-state index >= 15 is 0 Å². The minimum atomic E-state index is -0.880. The number of aliphatic carboxylic acids is 1. The molecule has 1 heterocycles. The van der Waals surface area contributed by atoms with Crippen LogP contribution >= 0.6 is 27.3 Å². The first-order valence-electron chi connectivity index (χ1n) is 3.48. The highest BCUT2D eigenvalue weighted by Gasteiger charge is 2.11. The van der Waals surface area contributed by atoms with Crippen molar-refractivity contribution >= 4 is 33.2 Å². The van der Waals surface area contributed by atoms with E-state index in [1.54, 1.807) is 7.11 Å². The number of aromatic nitrogens is 1. The van der Waals surface area contributed by atoms with Gasteiger partial charge in [-0.15, -0.1) is 11.3 Å². The number of ether oxygens (including phenoxy) is 1. The highest BCUT2D eigenvalue weighted by molar-refractivity contribution is 9.11. The Morgan fingerprint density at radius 1 is 1.77 bits per heavy atom. The van der Waals surface area contributed by atoms with Crippen LogP contribution in [0.3, 0.4) is 0 Å². The third-order valence-corrected chi connectivity index (χ3v) is 3.08. The summed E-state index contributed by atoms with van der Waals surface area (Å²) in [5.74, 6) is -0.880. The van der Waals surface area contributed by atoms with Crippen molar-refractivity contribution in [3.8, 4) is 0 Å². The third kappa shape index (κ3) is 3.06. The molecule has 4 nitrogen and oxygen atoms in total. The fraction of sp³-hybridized carbons (Fsp3) is 0.429. The number of thiazole rings is 1. The summed E-state index contributed by atoms with van der Waals surface area (Å²) in [5.41, 5.74) is 0.560. The lowest BCUT2D eigenvalue weighted by molar-refractivity contribution is -0.136. The lowest BCUT2D eigenvalue weighted by Gasteiger charge is -1.90. The summed E-state index contributed by atoms with van der Waals surface area (Å²) < 4.78 is 5.65. The zero-order valence-electron chi connectivity index (χ0n) is 6.91. The van der Waals surface area contributed by atoms with E-state index in [1.807, 2.05) is 0 Å². The van der Waals surface area contributed by atoms with E-state index in [1.165, 1.54) is 11.3 Å². The SMILES string of the molecule is COCc1nc(CC(=O)O)c(Br)s1. The van der Waals surface area contributed by atoms with Crippen LogP contribution in [-0.4, -0.2) is 23.2 Å². The maximum Gasteiger partial charge on any atom is 0.309 e. The lowest BCUT2D eigenvalue weighted by atomic mass is 10.3. The Kier molecular flexibility index (Phi) is 3.83. The molecule has 0 aliphatic rings. The predicted octanol–water partition coefficient (Wildman–Crippen LogP) is 1.68. The molecule has 0 amide bonds. The van der Waals surface area contributed by atoms with Crippen molar-refractivity contribution in [1.82, 2.24) is 4.98 Å². The van der Waals surface area contributed by atoms with Crippen LogP contribution in [0, 0.1) is 0 Å². The van der Waals surface area contributed by atoms with Crippen molar-refractivity contribution in [3.63, 3.8) is 0 Å². The van der Waals surface area contributed by atoms with Crippen LogP contribution in [0.5, 0.6) is 0 Å². The number of halogens is 1. The molecule has 0 fully saturated rings. The maximum absolute atomic E-state index is 10.4. The van der Waals surface area contributed by atoms with Crippen molar-refractivity contribution in [2.75, 3.05) is 7.11 Å². The average Bonchev–Trinajstić information content (AvgIpc) is 2.31. The molecule has 0 saturated heterocycles. The van der Waals surface area contributed by atoms with Gasteiger partial charge in [0.2, 0.25) is 0 Å². The molecule has 0 saturated carbocycles. The van der Waals surface area contributed by atoms with Crippen molar-refractivity contribution in [1.29, 1.82) is 0 Å². The molecule has 1 N–H and O–H groups in total. The van der Waals surface area contributed by atoms with Gasteiger partial charge in [-0.2, -0.15) is 0 Å². The molecule has 0 spiro atoms. The van der Waals surface area contributed by atoms with Crippen molar-refractivity contribution in [3.05, 3.63) is 14.5 Å². The summed E-state index contributed by atoms with van der Waals surface area (Å²) in [6.07, 6.45) is -0.0548. The van der Waals surface area contributed by atoms with Crippen LogP contribution in [0.25, 0.3) is 0 Å². The van der Waals surface area contributed by atoms with E-state index in [9.17, 15) is 4.79 Å². The summed E-state index contributed by atoms with van der Waals surface area (Å²) in [5, 5.41) is 9.33. The van der Waals surface area contributed by atoms with Gasteiger partial charge in [0.05, 0.1) is 22.5 Å². The fourth-order valence-corrected chi connectivity index (χ4v) is 2.38. The zero-order chi connectivity index (χ0) is 9.84. The number of carboxylic acids is 1. The van der Waals surface area contributed by atoms with Gasteiger partial charge >= 0.3 is 5.97 Å². The van der Waals surface area contributed by atoms with E-state index in [2.05, 4.69) is 20.9 Å². The van der Waals surface area contributed by atoms with Crippen molar-refractivity contribution in [2.24, 2.45) is 0 Å². The molecule has 0 radical (unpaired) electrons. The van der Waals surface area contributed by atoms with Gasteiger partial charge in [0, 0.05) is 7.11 Å². The van der Waals surface area contributed by atoms with Gasteiger partial charge in [0.15, 0.2) is 0 Å². The van der Waals surface area contributed by atoms with Crippen LogP contribution < -0.4 is 0 Å². The minimum Gasteiger partial charge on any atom is -0.481 e. The average molecular weight is 266 g/mol. The molecule has 0 aromatic carbocycles. The standard InChI is InChI=1S/C7H8BrNO3S/c1-12-3-5-9-4(2-6(10)11)7(8)13-5/h2-3H2,1H3,(H,10,11). The molecule has 0 atom stereocenters. The van der Waals surface area contributed by atoms with E-state index < -0.39 is 5.97 Å². The van der Waals surface area contributed by atoms with E-state index in [-0.39, 0.29) is 6.42 Å². The molecule has 0 aliphatic heterocycles. The van der Waals surface area contributed by atoms with Gasteiger partial charge in [0.1, 0.15) is 5.01 Å². The monoisotopic (exact) mass is 265 g/mol. The molecular formula is C7H8BrNO3S. The van der Waals surface area contributed by atoms with Gasteiger partial charge in [-0.3, -0.25) is 4.79 Å². The second-order valence-corrected chi connectivity index (χ2v) is 4.73. The number of hydrogen-bond donors (Lipinski definition) is 1. The van der Waals surface area contributed by atoms with Gasteiger partial charge in [-0.25, -0.2) is 4.98 Å². The third-order valence-electron chi connectivity index (χ3n) is 1.28. The Balaban J connectivity index is 2.77. The molecule has 1 aromatic heterocycles. The summed E-state index contributed by atoms with van der Waals surface area (Å²) in [6, 6.07) is 0. The van der Waals surface area contributed by atoms with Crippen LogP contribution in [0.2, 0.25) is 0 Å². The van der Waals surface area contributed by atoms with Crippen molar-refractivity contribution < 1.29 is 14.6 Å². The Labute approximate surface area is 87.7 Å². The van der Waals surface area contributed by atoms with Crippen LogP contribution in [-0.2, 0) is 22.6 Å². The van der Waals surface area contributed by atoms with E-state index in [4.69, 9.17) is 9.84 Å². The van der Waals surface area contributed by atoms with Crippen LogP contribution in [0.4, 0.5) is 0 Å². The summed E-state index contributed by atoms with van der Waals surface area (Å²) in [6.45, 7) is 0.420. The van der Waals surface area contributed by atoms with Crippen LogP contribution in [0.1, 0.15) is 10.7 Å². The molecule has 13 heavy (non-hydrogen) atoms. The minimum absolute atomic E-state index is 0.0548. The number of hydrogen-bond acceptors (Lipinski definition) is 4. The fourth-order valence-electron chi connectivity index (χ4n) is 0.817. The van der Waals surface area contributed by atoms with E-state index in [0.29, 0.717) is 12.3 Å². The smallest absolute Gasteiger partial charge is 0.309 e. The first-order valence-corrected chi connectivity index (χ1v) is 5.09. The highest BCUT2D eigenvalue weighted by atomic mass is 79.9. The second-order valence-electron chi connectivity index (χ2n) is 2.33. The molecular weight excluding hydrogens is 258 g/mol. The summed E-state index contributed by atoms with van der Waals surface area (Å²) >= 11 is 4.65. The summed E-state index contributed by atoms with van der Waals surface area (Å²) in [7, 11) is 1.58. The largest absolute Gasteiger partial charge is 0.481 e. The molecule has 0 bridgehead atoms. The number of nitrogens with zero attached hydrogens (tertiary/aromatic N) is 1. The van der Waals surface area contributed by atoms with Gasteiger partial charge in [-0.05, 0) is 15.9 Å². The quantitative estimate of drug-likeness (QED) is 0.900. The predicted molar refractivity (Wildman–Crippen MR) is 51.9 cm³/mol. The number of rotatable bonds is 4. The number of carboxylic acid groups (broad SMARTS) is 1. The lowest BCUT2D eigenvalue weighted by Crippen LogP contribution is -2.01. The second kappa shape index (κ2) is 4.69. The topological polar surface area (TPSA) is 59.4 Å². The first kappa shape index (κ1) is 10.6. The van der Waals surface area contributed by atoms with Gasteiger partial charge in [0.25, 0.3) is 0 Å². The maximum atomic E-state index is 10.4. The van der Waals surface area contributed by atoms with Gasteiger partial charge in [-0.1, -0.05) is 0 Å². The molecule has 0 aliphatic carbocycles. The molecule has 0 unspecified atom stereocenters. The summed E-state index contributed by atoms with van der Waals surface area (Å²) in [4.78, 5) is 14.5. The Hall–Kier alpha value is -0.460.